The highest BCUT2D eigenvalue weighted by Crippen LogP contribution is 2.02. The van der Waals surface area contributed by atoms with E-state index in [2.05, 4.69) is 5.32 Å². The van der Waals surface area contributed by atoms with Gasteiger partial charge in [-0.25, -0.2) is 8.42 Å². The van der Waals surface area contributed by atoms with Crippen LogP contribution in [-0.4, -0.2) is 44.7 Å². The molecule has 0 rings (SSSR count). The van der Waals surface area contributed by atoms with Crippen molar-refractivity contribution >= 4 is 9.84 Å². The lowest BCUT2D eigenvalue weighted by Gasteiger charge is -2.13. The summed E-state index contributed by atoms with van der Waals surface area (Å²) in [7, 11) is -2.89. The summed E-state index contributed by atoms with van der Waals surface area (Å²) in [5.41, 5.74) is 0. The van der Waals surface area contributed by atoms with Gasteiger partial charge < -0.3 is 10.4 Å². The lowest BCUT2D eigenvalue weighted by atomic mass is 10.1. The van der Waals surface area contributed by atoms with Gasteiger partial charge in [0.15, 0.2) is 0 Å². The molecule has 0 spiro atoms. The molecule has 4 nitrogen and oxygen atoms in total. The molecule has 0 aliphatic heterocycles. The molecule has 1 atom stereocenters. The summed E-state index contributed by atoms with van der Waals surface area (Å²) in [4.78, 5) is 0. The van der Waals surface area contributed by atoms with Gasteiger partial charge >= 0.3 is 0 Å². The number of sulfone groups is 1. The number of aliphatic hydroxyl groups is 1. The van der Waals surface area contributed by atoms with Gasteiger partial charge in [0.25, 0.3) is 0 Å². The first-order valence-electron chi connectivity index (χ1n) is 4.88. The van der Waals surface area contributed by atoms with Crippen LogP contribution >= 0.6 is 0 Å². The molecule has 0 amide bonds. The zero-order valence-corrected chi connectivity index (χ0v) is 9.97. The minimum absolute atomic E-state index is 0.126. The average molecular weight is 223 g/mol. The first-order valence-corrected chi connectivity index (χ1v) is 6.94. The van der Waals surface area contributed by atoms with Gasteiger partial charge in [0, 0.05) is 19.3 Å². The topological polar surface area (TPSA) is 66.4 Å². The lowest BCUT2D eigenvalue weighted by molar-refractivity contribution is 0.147. The summed E-state index contributed by atoms with van der Waals surface area (Å²) >= 11 is 0. The minimum atomic E-state index is -2.89. The summed E-state index contributed by atoms with van der Waals surface area (Å²) in [6.45, 7) is 4.96. The van der Waals surface area contributed by atoms with Crippen molar-refractivity contribution in [1.82, 2.24) is 5.32 Å². The molecule has 86 valence electrons. The van der Waals surface area contributed by atoms with Gasteiger partial charge in [-0.15, -0.1) is 0 Å². The predicted molar refractivity (Wildman–Crippen MR) is 58.0 cm³/mol. The summed E-state index contributed by atoms with van der Waals surface area (Å²) in [6, 6.07) is 0. The summed E-state index contributed by atoms with van der Waals surface area (Å²) in [6.07, 6.45) is 1.57. The normalized spacial score (nSPS) is 14.6. The van der Waals surface area contributed by atoms with Crippen molar-refractivity contribution in [3.05, 3.63) is 0 Å². The molecule has 2 N–H and O–H groups in total. The molecule has 5 heteroatoms. The Kier molecular flexibility index (Phi) is 6.31. The largest absolute Gasteiger partial charge is 0.392 e. The summed E-state index contributed by atoms with van der Waals surface area (Å²) < 4.78 is 21.5. The molecule has 0 bridgehead atoms. The number of aliphatic hydroxyl groups excluding tert-OH is 1. The van der Waals surface area contributed by atoms with E-state index in [0.29, 0.717) is 19.0 Å². The Hall–Kier alpha value is -0.130. The van der Waals surface area contributed by atoms with Crippen molar-refractivity contribution in [3.63, 3.8) is 0 Å². The molecule has 0 fully saturated rings. The van der Waals surface area contributed by atoms with Crippen LogP contribution in [0.3, 0.4) is 0 Å². The van der Waals surface area contributed by atoms with Crippen molar-refractivity contribution in [2.75, 3.05) is 25.1 Å². The van der Waals surface area contributed by atoms with Crippen LogP contribution in [0.15, 0.2) is 0 Å². The van der Waals surface area contributed by atoms with E-state index in [-0.39, 0.29) is 11.9 Å². The molecule has 0 aromatic heterocycles. The molecule has 0 aliphatic rings. The molecule has 0 radical (unpaired) electrons. The standard InChI is InChI=1S/C9H21NO3S/c1-8(2)6-9(11)7-10-4-5-14(3,12)13/h8-11H,4-7H2,1-3H3. The van der Waals surface area contributed by atoms with E-state index in [4.69, 9.17) is 0 Å². The van der Waals surface area contributed by atoms with Gasteiger partial charge in [0.1, 0.15) is 9.84 Å². The molecule has 0 aliphatic carbocycles. The molecular weight excluding hydrogens is 202 g/mol. The van der Waals surface area contributed by atoms with Crippen LogP contribution < -0.4 is 5.32 Å². The molecule has 0 aromatic carbocycles. The Morgan fingerprint density at radius 2 is 1.93 bits per heavy atom. The van der Waals surface area contributed by atoms with Crippen LogP contribution in [0.1, 0.15) is 20.3 Å². The molecule has 0 heterocycles. The van der Waals surface area contributed by atoms with E-state index in [1.807, 2.05) is 13.8 Å². The van der Waals surface area contributed by atoms with Crippen LogP contribution in [-0.2, 0) is 9.84 Å². The highest BCUT2D eigenvalue weighted by Gasteiger charge is 2.07. The Morgan fingerprint density at radius 1 is 1.36 bits per heavy atom. The van der Waals surface area contributed by atoms with Gasteiger partial charge in [-0.2, -0.15) is 0 Å². The van der Waals surface area contributed by atoms with Gasteiger partial charge in [-0.1, -0.05) is 13.8 Å². The van der Waals surface area contributed by atoms with Crippen LogP contribution in [0.5, 0.6) is 0 Å². The predicted octanol–water partition coefficient (Wildman–Crippen LogP) is 0.0276. The van der Waals surface area contributed by atoms with Gasteiger partial charge in [0.05, 0.1) is 11.9 Å². The third-order valence-electron chi connectivity index (χ3n) is 1.77. The Bertz CT molecular complexity index is 236. The van der Waals surface area contributed by atoms with Gasteiger partial charge in [-0.3, -0.25) is 0 Å². The van der Waals surface area contributed by atoms with Crippen molar-refractivity contribution in [3.8, 4) is 0 Å². The first kappa shape index (κ1) is 13.9. The molecule has 0 saturated heterocycles. The second kappa shape index (κ2) is 6.37. The Balaban J connectivity index is 3.45. The zero-order chi connectivity index (χ0) is 11.2. The minimum Gasteiger partial charge on any atom is -0.392 e. The number of hydrogen-bond donors (Lipinski definition) is 2. The average Bonchev–Trinajstić information content (AvgIpc) is 1.95. The SMILES string of the molecule is CC(C)CC(O)CNCCS(C)(=O)=O. The molecule has 1 unspecified atom stereocenters. The monoisotopic (exact) mass is 223 g/mol. The van der Waals surface area contributed by atoms with Crippen molar-refractivity contribution < 1.29 is 13.5 Å². The summed E-state index contributed by atoms with van der Waals surface area (Å²) in [5.74, 6) is 0.586. The maximum atomic E-state index is 10.8. The lowest BCUT2D eigenvalue weighted by Crippen LogP contribution is -2.31. The maximum Gasteiger partial charge on any atom is 0.148 e. The van der Waals surface area contributed by atoms with E-state index in [0.717, 1.165) is 6.42 Å². The van der Waals surface area contributed by atoms with E-state index in [1.54, 1.807) is 0 Å². The second-order valence-electron chi connectivity index (χ2n) is 4.12. The number of rotatable bonds is 7. The van der Waals surface area contributed by atoms with E-state index in [1.165, 1.54) is 6.26 Å². The number of hydrogen-bond acceptors (Lipinski definition) is 4. The summed E-state index contributed by atoms with van der Waals surface area (Å²) in [5, 5.41) is 12.4. The Morgan fingerprint density at radius 3 is 2.36 bits per heavy atom. The van der Waals surface area contributed by atoms with Crippen molar-refractivity contribution in [2.24, 2.45) is 5.92 Å². The molecular formula is C9H21NO3S. The van der Waals surface area contributed by atoms with Crippen LogP contribution in [0, 0.1) is 5.92 Å². The molecule has 14 heavy (non-hydrogen) atoms. The van der Waals surface area contributed by atoms with Gasteiger partial charge in [0.2, 0.25) is 0 Å². The highest BCUT2D eigenvalue weighted by molar-refractivity contribution is 7.90. The fourth-order valence-corrected chi connectivity index (χ4v) is 1.67. The van der Waals surface area contributed by atoms with E-state index < -0.39 is 9.84 Å². The van der Waals surface area contributed by atoms with E-state index in [9.17, 15) is 13.5 Å². The van der Waals surface area contributed by atoms with Crippen molar-refractivity contribution in [1.29, 1.82) is 0 Å². The molecule has 0 aromatic rings. The first-order chi connectivity index (χ1) is 6.31. The third kappa shape index (κ3) is 9.95. The van der Waals surface area contributed by atoms with Crippen LogP contribution in [0.4, 0.5) is 0 Å². The smallest absolute Gasteiger partial charge is 0.148 e. The van der Waals surface area contributed by atoms with Gasteiger partial charge in [-0.05, 0) is 12.3 Å². The van der Waals surface area contributed by atoms with Crippen molar-refractivity contribution in [2.45, 2.75) is 26.4 Å². The Labute approximate surface area is 86.6 Å². The zero-order valence-electron chi connectivity index (χ0n) is 9.16. The van der Waals surface area contributed by atoms with E-state index >= 15 is 0 Å². The molecule has 0 saturated carbocycles. The maximum absolute atomic E-state index is 10.8. The van der Waals surface area contributed by atoms with Crippen LogP contribution in [0.25, 0.3) is 0 Å². The fourth-order valence-electron chi connectivity index (χ4n) is 1.15. The highest BCUT2D eigenvalue weighted by atomic mass is 32.2. The van der Waals surface area contributed by atoms with Crippen LogP contribution in [0.2, 0.25) is 0 Å². The quantitative estimate of drug-likeness (QED) is 0.598. The number of nitrogens with one attached hydrogen (secondary N) is 1. The second-order valence-corrected chi connectivity index (χ2v) is 6.38. The third-order valence-corrected chi connectivity index (χ3v) is 2.72. The fraction of sp³-hybridized carbons (Fsp3) is 1.00.